The number of aliphatic hydroxyl groups excluding tert-OH is 1. The van der Waals surface area contributed by atoms with Gasteiger partial charge in [0, 0.05) is 12.3 Å². The zero-order chi connectivity index (χ0) is 13.4. The molecule has 2 heterocycles. The summed E-state index contributed by atoms with van der Waals surface area (Å²) in [6, 6.07) is -0.293. The molecule has 0 aromatic rings. The molecule has 0 aromatic heterocycles. The van der Waals surface area contributed by atoms with Crippen LogP contribution in [-0.2, 0) is 9.59 Å². The fourth-order valence-electron chi connectivity index (χ4n) is 2.37. The molecule has 2 amide bonds. The van der Waals surface area contributed by atoms with Gasteiger partial charge in [-0.1, -0.05) is 30.9 Å². The first-order valence-electron chi connectivity index (χ1n) is 5.90. The molecular formula is C11H16N2O3S2. The number of nitrogens with zero attached hydrogens (tertiary/aromatic N) is 1. The van der Waals surface area contributed by atoms with Crippen LogP contribution in [0.1, 0.15) is 13.8 Å². The molecule has 0 saturated carbocycles. The second kappa shape index (κ2) is 5.14. The molecule has 7 heteroatoms. The lowest BCUT2D eigenvalue weighted by atomic mass is 9.78. The van der Waals surface area contributed by atoms with Gasteiger partial charge in [0.1, 0.15) is 4.32 Å². The summed E-state index contributed by atoms with van der Waals surface area (Å²) >= 11 is 6.61. The fourth-order valence-corrected chi connectivity index (χ4v) is 3.58. The van der Waals surface area contributed by atoms with E-state index in [-0.39, 0.29) is 23.8 Å². The Bertz CT molecular complexity index is 400. The van der Waals surface area contributed by atoms with Crippen molar-refractivity contribution in [3.05, 3.63) is 0 Å². The van der Waals surface area contributed by atoms with E-state index in [0.29, 0.717) is 10.9 Å². The number of hydrogen-bond donors (Lipinski definition) is 2. The topological polar surface area (TPSA) is 69.6 Å². The highest BCUT2D eigenvalue weighted by atomic mass is 32.2. The van der Waals surface area contributed by atoms with E-state index in [9.17, 15) is 14.7 Å². The maximum atomic E-state index is 12.3. The first-order chi connectivity index (χ1) is 8.43. The van der Waals surface area contributed by atoms with E-state index in [1.807, 2.05) is 0 Å². The van der Waals surface area contributed by atoms with Crippen molar-refractivity contribution in [3.63, 3.8) is 0 Å². The first kappa shape index (κ1) is 13.8. The van der Waals surface area contributed by atoms with Gasteiger partial charge >= 0.3 is 0 Å². The molecular weight excluding hydrogens is 272 g/mol. The average molecular weight is 288 g/mol. The van der Waals surface area contributed by atoms with Crippen LogP contribution in [-0.4, -0.2) is 50.6 Å². The lowest BCUT2D eigenvalue weighted by Crippen LogP contribution is -2.66. The highest BCUT2D eigenvalue weighted by molar-refractivity contribution is 8.23. The number of thioether (sulfide) groups is 1. The van der Waals surface area contributed by atoms with E-state index in [1.165, 1.54) is 11.8 Å². The molecule has 18 heavy (non-hydrogen) atoms. The SMILES string of the molecule is C[C@@H](O)[C@H]1C(=O)N[C@@H]1[C@@H](C)C(=O)N1CCSC1=S. The maximum absolute atomic E-state index is 12.3. The Kier molecular flexibility index (Phi) is 3.93. The van der Waals surface area contributed by atoms with E-state index in [1.54, 1.807) is 18.7 Å². The minimum absolute atomic E-state index is 0.0688. The molecule has 2 N–H and O–H groups in total. The number of aliphatic hydroxyl groups is 1. The molecule has 0 bridgehead atoms. The number of carbonyl (C=O) groups is 2. The van der Waals surface area contributed by atoms with Gasteiger partial charge in [-0.2, -0.15) is 0 Å². The molecule has 2 fully saturated rings. The Morgan fingerprint density at radius 3 is 2.72 bits per heavy atom. The van der Waals surface area contributed by atoms with Crippen molar-refractivity contribution in [1.29, 1.82) is 0 Å². The van der Waals surface area contributed by atoms with Gasteiger partial charge in [0.15, 0.2) is 0 Å². The van der Waals surface area contributed by atoms with Gasteiger partial charge < -0.3 is 10.4 Å². The molecule has 2 rings (SSSR count). The fraction of sp³-hybridized carbons (Fsp3) is 0.727. The van der Waals surface area contributed by atoms with Crippen LogP contribution in [0.2, 0.25) is 0 Å². The van der Waals surface area contributed by atoms with Gasteiger partial charge in [-0.15, -0.1) is 0 Å². The van der Waals surface area contributed by atoms with Crippen molar-refractivity contribution in [2.75, 3.05) is 12.3 Å². The van der Waals surface area contributed by atoms with Crippen LogP contribution < -0.4 is 5.32 Å². The third-order valence-electron chi connectivity index (χ3n) is 3.47. The summed E-state index contributed by atoms with van der Waals surface area (Å²) < 4.78 is 0.603. The van der Waals surface area contributed by atoms with Crippen molar-refractivity contribution in [1.82, 2.24) is 10.2 Å². The molecule has 0 radical (unpaired) electrons. The van der Waals surface area contributed by atoms with E-state index >= 15 is 0 Å². The standard InChI is InChI=1S/C11H16N2O3S2/c1-5(8-7(6(2)14)9(15)12-8)10(16)13-3-4-18-11(13)17/h5-8,14H,3-4H2,1-2H3,(H,12,15)/t5-,6-,7-,8-/m1/s1. The number of nitrogens with one attached hydrogen (secondary N) is 1. The Labute approximate surface area is 115 Å². The number of rotatable bonds is 3. The molecule has 100 valence electrons. The van der Waals surface area contributed by atoms with Crippen molar-refractivity contribution >= 4 is 40.1 Å². The zero-order valence-electron chi connectivity index (χ0n) is 10.3. The first-order valence-corrected chi connectivity index (χ1v) is 7.29. The van der Waals surface area contributed by atoms with Gasteiger partial charge in [0.2, 0.25) is 11.8 Å². The van der Waals surface area contributed by atoms with Gasteiger partial charge in [-0.25, -0.2) is 0 Å². The monoisotopic (exact) mass is 288 g/mol. The highest BCUT2D eigenvalue weighted by Gasteiger charge is 2.48. The van der Waals surface area contributed by atoms with E-state index in [4.69, 9.17) is 12.2 Å². The number of amides is 2. The minimum atomic E-state index is -0.737. The van der Waals surface area contributed by atoms with Crippen LogP contribution in [0.5, 0.6) is 0 Å². The zero-order valence-corrected chi connectivity index (χ0v) is 11.9. The Morgan fingerprint density at radius 2 is 2.28 bits per heavy atom. The largest absolute Gasteiger partial charge is 0.393 e. The molecule has 5 nitrogen and oxygen atoms in total. The molecule has 0 spiro atoms. The Morgan fingerprint density at radius 1 is 1.61 bits per heavy atom. The molecule has 0 aliphatic carbocycles. The van der Waals surface area contributed by atoms with Gasteiger partial charge in [0.05, 0.1) is 24.0 Å². The van der Waals surface area contributed by atoms with Gasteiger partial charge in [0.25, 0.3) is 0 Å². The molecule has 2 saturated heterocycles. The van der Waals surface area contributed by atoms with Crippen LogP contribution in [0.25, 0.3) is 0 Å². The number of thiocarbonyl (C=S) groups is 1. The number of β-lactam (4-membered cyclic amide) rings is 1. The third kappa shape index (κ3) is 2.26. The molecule has 0 aromatic carbocycles. The summed E-state index contributed by atoms with van der Waals surface area (Å²) in [5, 5.41) is 12.2. The molecule has 2 aliphatic heterocycles. The lowest BCUT2D eigenvalue weighted by Gasteiger charge is -2.42. The summed E-state index contributed by atoms with van der Waals surface area (Å²) in [6.45, 7) is 3.98. The van der Waals surface area contributed by atoms with Gasteiger partial charge in [-0.05, 0) is 6.92 Å². The van der Waals surface area contributed by atoms with Crippen LogP contribution in [0.4, 0.5) is 0 Å². The van der Waals surface area contributed by atoms with E-state index in [2.05, 4.69) is 5.32 Å². The quantitative estimate of drug-likeness (QED) is 0.564. The van der Waals surface area contributed by atoms with Crippen LogP contribution in [0.3, 0.4) is 0 Å². The third-order valence-corrected chi connectivity index (χ3v) is 4.90. The lowest BCUT2D eigenvalue weighted by molar-refractivity contribution is -0.146. The number of carbonyl (C=O) groups excluding carboxylic acids is 2. The Balaban J connectivity index is 2.03. The maximum Gasteiger partial charge on any atom is 0.232 e. The van der Waals surface area contributed by atoms with E-state index < -0.39 is 12.0 Å². The number of hydrogen-bond acceptors (Lipinski definition) is 5. The average Bonchev–Trinajstić information content (AvgIpc) is 2.69. The summed E-state index contributed by atoms with van der Waals surface area (Å²) in [5.41, 5.74) is 0. The predicted octanol–water partition coefficient (Wildman–Crippen LogP) is -0.0218. The van der Waals surface area contributed by atoms with Gasteiger partial charge in [-0.3, -0.25) is 14.5 Å². The molecule has 4 atom stereocenters. The highest BCUT2D eigenvalue weighted by Crippen LogP contribution is 2.28. The van der Waals surface area contributed by atoms with Crippen LogP contribution >= 0.6 is 24.0 Å². The summed E-state index contributed by atoms with van der Waals surface area (Å²) in [6.07, 6.45) is -0.737. The van der Waals surface area contributed by atoms with Crippen molar-refractivity contribution < 1.29 is 14.7 Å². The van der Waals surface area contributed by atoms with Crippen LogP contribution in [0, 0.1) is 11.8 Å². The molecule has 0 unspecified atom stereocenters. The minimum Gasteiger partial charge on any atom is -0.393 e. The Hall–Kier alpha value is -0.660. The molecule has 2 aliphatic rings. The predicted molar refractivity (Wildman–Crippen MR) is 73.0 cm³/mol. The second-order valence-electron chi connectivity index (χ2n) is 4.69. The second-order valence-corrected chi connectivity index (χ2v) is 6.42. The van der Waals surface area contributed by atoms with Crippen molar-refractivity contribution in [3.8, 4) is 0 Å². The summed E-state index contributed by atoms with van der Waals surface area (Å²) in [5.74, 6) is -0.283. The van der Waals surface area contributed by atoms with Crippen molar-refractivity contribution in [2.24, 2.45) is 11.8 Å². The van der Waals surface area contributed by atoms with Crippen LogP contribution in [0.15, 0.2) is 0 Å². The van der Waals surface area contributed by atoms with E-state index in [0.717, 1.165) is 5.75 Å². The smallest absolute Gasteiger partial charge is 0.232 e. The normalized spacial score (nSPS) is 30.7. The van der Waals surface area contributed by atoms with Crippen molar-refractivity contribution in [2.45, 2.75) is 26.0 Å². The summed E-state index contributed by atoms with van der Waals surface area (Å²) in [7, 11) is 0. The summed E-state index contributed by atoms with van der Waals surface area (Å²) in [4.78, 5) is 25.2.